The lowest BCUT2D eigenvalue weighted by molar-refractivity contribution is -0.172. The Kier molecular flexibility index (Phi) is 18.4. The van der Waals surface area contributed by atoms with Crippen LogP contribution in [0.4, 0.5) is 9.18 Å². The Morgan fingerprint density at radius 3 is 2.36 bits per heavy atom. The molecule has 0 fully saturated rings. The summed E-state index contributed by atoms with van der Waals surface area (Å²) in [7, 11) is 0. The van der Waals surface area contributed by atoms with Crippen molar-refractivity contribution >= 4 is 58.2 Å². The molecule has 1 aliphatic carbocycles. The van der Waals surface area contributed by atoms with Crippen LogP contribution < -0.4 is 37.9 Å². The molecule has 4 atom stereocenters. The fourth-order valence-electron chi connectivity index (χ4n) is 10.1. The minimum atomic E-state index is -2.03. The van der Waals surface area contributed by atoms with E-state index in [4.69, 9.17) is 20.2 Å². The van der Waals surface area contributed by atoms with Gasteiger partial charge in [0.05, 0.1) is 53.7 Å². The zero-order chi connectivity index (χ0) is 55.8. The topological polar surface area (TPSA) is 296 Å². The lowest BCUT2D eigenvalue weighted by Gasteiger charge is -2.31. The largest absolute Gasteiger partial charge is 0.458 e. The molecule has 0 saturated heterocycles. The number of alkyl carbamates (subject to hydrolysis) is 1. The van der Waals surface area contributed by atoms with Gasteiger partial charge in [-0.05, 0) is 107 Å². The first-order chi connectivity index (χ1) is 36.6. The van der Waals surface area contributed by atoms with Gasteiger partial charge in [0, 0.05) is 67.8 Å². The van der Waals surface area contributed by atoms with E-state index in [1.54, 1.807) is 65.0 Å². The Morgan fingerprint density at radius 1 is 0.909 bits per heavy atom. The quantitative estimate of drug-likeness (QED) is 0.0339. The van der Waals surface area contributed by atoms with Gasteiger partial charge in [0.25, 0.3) is 5.56 Å². The molecule has 77 heavy (non-hydrogen) atoms. The van der Waals surface area contributed by atoms with Gasteiger partial charge >= 0.3 is 12.1 Å². The molecular weight excluding hydrogens is 996 g/mol. The molecule has 2 aromatic heterocycles. The van der Waals surface area contributed by atoms with Crippen LogP contribution in [0.3, 0.4) is 0 Å². The number of ether oxygens (including phenoxy) is 2. The number of ketones is 2. The molecule has 20 nitrogen and oxygen atoms in total. The second-order valence-electron chi connectivity index (χ2n) is 21.0. The van der Waals surface area contributed by atoms with Gasteiger partial charge in [-0.2, -0.15) is 0 Å². The number of Topliss-reactive ketones (excluding diaryl/α,β-unsaturated/α-hetero) is 2. The SMILES string of the molecule is CC[C@@]1(O)C(=O)OCc2c1cc1n(c2=O)Cc2c-1nc1cc(F)c(C)c3c1c2[C@@H](NC(=O)CCCNC(=O)CCC(=O)[C@H](Cc1ccccc1)NC(=O)CCC(=O)CNC(=O)[C@@H](N)CCCCNC(=O)OC(C)(C)C)CC3. The van der Waals surface area contributed by atoms with Crippen LogP contribution in [0.5, 0.6) is 0 Å². The zero-order valence-electron chi connectivity index (χ0n) is 44.3. The molecule has 4 aromatic rings. The monoisotopic (exact) mass is 1060 g/mol. The van der Waals surface area contributed by atoms with Gasteiger partial charge < -0.3 is 51.5 Å². The predicted octanol–water partition coefficient (Wildman–Crippen LogP) is 4.09. The maximum absolute atomic E-state index is 15.4. The number of aryl methyl sites for hydroxylation is 1. The number of carbonyl (C=O) groups is 8. The number of rotatable bonds is 24. The van der Waals surface area contributed by atoms with Crippen molar-refractivity contribution in [3.8, 4) is 11.4 Å². The lowest BCUT2D eigenvalue weighted by Crippen LogP contribution is -2.44. The molecular formula is C56H69FN8O12. The highest BCUT2D eigenvalue weighted by molar-refractivity contribution is 5.95. The molecule has 2 aromatic carbocycles. The minimum absolute atomic E-state index is 0.0308. The Bertz CT molecular complexity index is 3030. The molecule has 0 unspecified atom stereocenters. The van der Waals surface area contributed by atoms with Gasteiger partial charge in [0.1, 0.15) is 18.0 Å². The molecule has 412 valence electrons. The summed E-state index contributed by atoms with van der Waals surface area (Å²) >= 11 is 0. The van der Waals surface area contributed by atoms with Gasteiger partial charge in [-0.25, -0.2) is 19.0 Å². The number of amides is 5. The standard InChI is InChI=1S/C56H69FN8O12/c1-6-56(75)37-26-43-50-35(29-65(43)52(72)36(37)30-76-53(56)73)49-40(19-18-34-31(2)38(57)27-42(64-50)48(34)49)62-46(69)16-12-24-59-45(68)22-20-44(67)41(25-32-13-8-7-9-14-32)63-47(70)21-17-33(66)28-61-51(71)39(58)15-10-11-23-60-54(74)77-55(3,4)5/h7-9,13-14,26-27,39-41,75H,6,10-12,15-25,28-30,58H2,1-5H3,(H,59,68)(H,60,74)(H,61,71)(H,62,69)(H,63,70)/t39-,40-,41-,56-/m0/s1. The number of pyridine rings is 2. The average Bonchev–Trinajstić information content (AvgIpc) is 3.92. The van der Waals surface area contributed by atoms with E-state index < -0.39 is 82.1 Å². The number of benzene rings is 2. The molecule has 2 aliphatic heterocycles. The van der Waals surface area contributed by atoms with E-state index in [2.05, 4.69) is 26.6 Å². The first-order valence-corrected chi connectivity index (χ1v) is 26.3. The lowest BCUT2D eigenvalue weighted by atomic mass is 9.81. The molecule has 4 heterocycles. The zero-order valence-corrected chi connectivity index (χ0v) is 44.3. The summed E-state index contributed by atoms with van der Waals surface area (Å²) < 4.78 is 27.3. The second-order valence-corrected chi connectivity index (χ2v) is 21.0. The smallest absolute Gasteiger partial charge is 0.407 e. The molecule has 3 aliphatic rings. The van der Waals surface area contributed by atoms with E-state index in [9.17, 15) is 48.3 Å². The van der Waals surface area contributed by atoms with Gasteiger partial charge in [0.15, 0.2) is 17.2 Å². The number of fused-ring (bicyclic) bond motifs is 5. The van der Waals surface area contributed by atoms with Crippen molar-refractivity contribution in [3.05, 3.63) is 97.6 Å². The average molecular weight is 1070 g/mol. The summed E-state index contributed by atoms with van der Waals surface area (Å²) in [6, 6.07) is 9.52. The number of halogens is 1. The molecule has 0 saturated carbocycles. The summed E-state index contributed by atoms with van der Waals surface area (Å²) in [6.07, 6.45) is 1.33. The molecule has 5 amide bonds. The van der Waals surface area contributed by atoms with Crippen molar-refractivity contribution in [3.63, 3.8) is 0 Å². The summed E-state index contributed by atoms with van der Waals surface area (Å²) in [5.74, 6) is -3.93. The van der Waals surface area contributed by atoms with Crippen molar-refractivity contribution < 1.29 is 57.3 Å². The summed E-state index contributed by atoms with van der Waals surface area (Å²) in [5.41, 5.74) is 7.67. The van der Waals surface area contributed by atoms with Crippen molar-refractivity contribution in [2.75, 3.05) is 19.6 Å². The highest BCUT2D eigenvalue weighted by atomic mass is 19.1. The number of nitrogens with one attached hydrogen (secondary N) is 5. The third-order valence-corrected chi connectivity index (χ3v) is 14.3. The summed E-state index contributed by atoms with van der Waals surface area (Å²) in [6.45, 7) is 8.51. The molecule has 0 radical (unpaired) electrons. The van der Waals surface area contributed by atoms with Crippen molar-refractivity contribution in [1.29, 1.82) is 0 Å². The third-order valence-electron chi connectivity index (χ3n) is 14.3. The van der Waals surface area contributed by atoms with E-state index >= 15 is 4.39 Å². The third kappa shape index (κ3) is 13.8. The minimum Gasteiger partial charge on any atom is -0.458 e. The Balaban J connectivity index is 0.877. The molecule has 8 N–H and O–H groups in total. The number of hydrogen-bond acceptors (Lipinski definition) is 14. The van der Waals surface area contributed by atoms with Crippen LogP contribution in [0.2, 0.25) is 0 Å². The second kappa shape index (κ2) is 24.7. The van der Waals surface area contributed by atoms with Crippen molar-refractivity contribution in [2.24, 2.45) is 5.73 Å². The fourth-order valence-corrected chi connectivity index (χ4v) is 10.1. The summed E-state index contributed by atoms with van der Waals surface area (Å²) in [5, 5.41) is 25.8. The number of aliphatic hydroxyl groups is 1. The van der Waals surface area contributed by atoms with Crippen molar-refractivity contribution in [2.45, 2.75) is 161 Å². The van der Waals surface area contributed by atoms with Crippen LogP contribution >= 0.6 is 0 Å². The van der Waals surface area contributed by atoms with Gasteiger partial charge in [0.2, 0.25) is 23.6 Å². The Labute approximate surface area is 445 Å². The maximum Gasteiger partial charge on any atom is 0.407 e. The van der Waals surface area contributed by atoms with E-state index in [1.165, 1.54) is 10.6 Å². The molecule has 21 heteroatoms. The van der Waals surface area contributed by atoms with Crippen LogP contribution in [0.1, 0.15) is 143 Å². The predicted molar refractivity (Wildman–Crippen MR) is 280 cm³/mol. The Hall–Kier alpha value is -7.39. The summed E-state index contributed by atoms with van der Waals surface area (Å²) in [4.78, 5) is 122. The highest BCUT2D eigenvalue weighted by Crippen LogP contribution is 2.46. The number of unbranched alkanes of at least 4 members (excludes halogenated alkanes) is 1. The van der Waals surface area contributed by atoms with Crippen molar-refractivity contribution in [1.82, 2.24) is 36.1 Å². The first kappa shape index (κ1) is 57.3. The van der Waals surface area contributed by atoms with Crippen LogP contribution in [0.25, 0.3) is 22.3 Å². The normalized spacial score (nSPS) is 16.9. The van der Waals surface area contributed by atoms with E-state index in [1.807, 2.05) is 6.07 Å². The van der Waals surface area contributed by atoms with Gasteiger partial charge in [-0.1, -0.05) is 37.3 Å². The fraction of sp³-hybridized carbons (Fsp3) is 0.500. The highest BCUT2D eigenvalue weighted by Gasteiger charge is 2.46. The molecule has 7 rings (SSSR count). The number of cyclic esters (lactones) is 1. The maximum atomic E-state index is 15.4. The van der Waals surface area contributed by atoms with E-state index in [0.29, 0.717) is 77.6 Å². The molecule has 0 bridgehead atoms. The van der Waals surface area contributed by atoms with E-state index in [-0.39, 0.29) is 94.6 Å². The molecule has 0 spiro atoms. The van der Waals surface area contributed by atoms with Gasteiger partial charge in [-0.15, -0.1) is 0 Å². The van der Waals surface area contributed by atoms with Crippen LogP contribution in [-0.4, -0.2) is 99.2 Å². The number of nitrogens with two attached hydrogens (primary N) is 1. The number of nitrogens with zero attached hydrogens (tertiary/aromatic N) is 2. The van der Waals surface area contributed by atoms with Crippen LogP contribution in [0.15, 0.2) is 47.3 Å². The Morgan fingerprint density at radius 2 is 1.64 bits per heavy atom. The number of aromatic nitrogens is 2. The van der Waals surface area contributed by atoms with Crippen LogP contribution in [-0.2, 0) is 74.6 Å². The van der Waals surface area contributed by atoms with Crippen LogP contribution in [0, 0.1) is 12.7 Å². The first-order valence-electron chi connectivity index (χ1n) is 26.3. The number of hydrogen-bond donors (Lipinski definition) is 7. The number of esters is 1. The van der Waals surface area contributed by atoms with Gasteiger partial charge in [-0.3, -0.25) is 33.6 Å². The van der Waals surface area contributed by atoms with E-state index in [0.717, 1.165) is 11.1 Å². The number of carbonyl (C=O) groups excluding carboxylic acids is 8.